The number of unbranched alkanes of at least 4 members (excludes halogenated alkanes) is 5. The predicted octanol–water partition coefficient (Wildman–Crippen LogP) is 1.37. The molecular formula is C18H34O7. The van der Waals surface area contributed by atoms with Crippen molar-refractivity contribution in [2.24, 2.45) is 5.92 Å². The molecule has 0 bridgehead atoms. The molecule has 0 radical (unpaired) electrons. The van der Waals surface area contributed by atoms with Crippen LogP contribution in [-0.4, -0.2) is 65.2 Å². The van der Waals surface area contributed by atoms with Crippen molar-refractivity contribution in [1.29, 1.82) is 0 Å². The van der Waals surface area contributed by atoms with E-state index in [9.17, 15) is 20.1 Å². The van der Waals surface area contributed by atoms with E-state index in [0.29, 0.717) is 6.61 Å². The Hall–Kier alpha value is -0.730. The first kappa shape index (κ1) is 22.3. The maximum atomic E-state index is 11.5. The highest BCUT2D eigenvalue weighted by molar-refractivity contribution is 5.71. The van der Waals surface area contributed by atoms with E-state index in [0.717, 1.165) is 19.3 Å². The van der Waals surface area contributed by atoms with Crippen molar-refractivity contribution in [3.63, 3.8) is 0 Å². The highest BCUT2D eigenvalue weighted by atomic mass is 16.7. The smallest absolute Gasteiger partial charge is 0.308 e. The monoisotopic (exact) mass is 362 g/mol. The van der Waals surface area contributed by atoms with Crippen LogP contribution in [0.4, 0.5) is 0 Å². The van der Waals surface area contributed by atoms with Crippen LogP contribution in [-0.2, 0) is 19.0 Å². The fourth-order valence-electron chi connectivity index (χ4n) is 2.60. The molecule has 0 aliphatic carbocycles. The third-order valence-electron chi connectivity index (χ3n) is 4.31. The zero-order valence-electron chi connectivity index (χ0n) is 15.6. The van der Waals surface area contributed by atoms with Gasteiger partial charge in [0.05, 0.1) is 5.92 Å². The number of hydrogen-bond acceptors (Lipinski definition) is 7. The molecule has 1 fully saturated rings. The van der Waals surface area contributed by atoms with Crippen molar-refractivity contribution in [2.45, 2.75) is 90.0 Å². The quantitative estimate of drug-likeness (QED) is 0.376. The summed E-state index contributed by atoms with van der Waals surface area (Å²) in [6, 6.07) is 0. The second kappa shape index (κ2) is 11.8. The van der Waals surface area contributed by atoms with Crippen LogP contribution in [0, 0.1) is 5.92 Å². The Kier molecular flexibility index (Phi) is 10.5. The summed E-state index contributed by atoms with van der Waals surface area (Å²) in [7, 11) is 0. The van der Waals surface area contributed by atoms with Crippen molar-refractivity contribution < 1.29 is 34.3 Å². The molecule has 1 saturated heterocycles. The van der Waals surface area contributed by atoms with Gasteiger partial charge in [0.15, 0.2) is 6.29 Å². The topological polar surface area (TPSA) is 105 Å². The average molecular weight is 362 g/mol. The molecule has 7 nitrogen and oxygen atoms in total. The van der Waals surface area contributed by atoms with Crippen LogP contribution in [0.15, 0.2) is 0 Å². The fraction of sp³-hybridized carbons (Fsp3) is 0.944. The summed E-state index contributed by atoms with van der Waals surface area (Å²) in [6.07, 6.45) is 0.557. The van der Waals surface area contributed by atoms with E-state index < -0.39 is 36.7 Å². The highest BCUT2D eigenvalue weighted by Gasteiger charge is 2.44. The van der Waals surface area contributed by atoms with Gasteiger partial charge in [0, 0.05) is 6.61 Å². The van der Waals surface area contributed by atoms with Gasteiger partial charge in [0.2, 0.25) is 0 Å². The molecule has 1 rings (SSSR count). The second-order valence-electron chi connectivity index (χ2n) is 6.94. The zero-order valence-corrected chi connectivity index (χ0v) is 15.6. The lowest BCUT2D eigenvalue weighted by molar-refractivity contribution is -0.301. The molecule has 0 aromatic rings. The Balaban J connectivity index is 2.38. The molecule has 3 N–H and O–H groups in total. The van der Waals surface area contributed by atoms with Crippen LogP contribution < -0.4 is 0 Å². The zero-order chi connectivity index (χ0) is 18.8. The van der Waals surface area contributed by atoms with Gasteiger partial charge in [-0.1, -0.05) is 52.9 Å². The van der Waals surface area contributed by atoms with Crippen LogP contribution in [0.25, 0.3) is 0 Å². The number of aliphatic hydroxyl groups excluding tert-OH is 3. The van der Waals surface area contributed by atoms with Gasteiger partial charge in [-0.15, -0.1) is 0 Å². The van der Waals surface area contributed by atoms with E-state index in [1.54, 1.807) is 13.8 Å². The molecule has 0 aromatic heterocycles. The summed E-state index contributed by atoms with van der Waals surface area (Å²) in [5.74, 6) is -0.711. The summed E-state index contributed by atoms with van der Waals surface area (Å²) in [5, 5.41) is 29.9. The number of rotatable bonds is 11. The molecule has 0 spiro atoms. The van der Waals surface area contributed by atoms with E-state index >= 15 is 0 Å². The van der Waals surface area contributed by atoms with Gasteiger partial charge in [0.25, 0.3) is 0 Å². The fourth-order valence-corrected chi connectivity index (χ4v) is 2.60. The number of ether oxygens (including phenoxy) is 3. The van der Waals surface area contributed by atoms with Gasteiger partial charge in [-0.25, -0.2) is 0 Å². The number of carbonyl (C=O) groups excluding carboxylic acids is 1. The molecule has 1 aliphatic heterocycles. The highest BCUT2D eigenvalue weighted by Crippen LogP contribution is 2.23. The molecule has 5 atom stereocenters. The average Bonchev–Trinajstić information content (AvgIpc) is 2.59. The first-order valence-corrected chi connectivity index (χ1v) is 9.36. The predicted molar refractivity (Wildman–Crippen MR) is 91.8 cm³/mol. The van der Waals surface area contributed by atoms with Crippen LogP contribution in [0.5, 0.6) is 0 Å². The maximum Gasteiger partial charge on any atom is 0.308 e. The minimum atomic E-state index is -1.41. The summed E-state index contributed by atoms with van der Waals surface area (Å²) in [5.41, 5.74) is 0. The summed E-state index contributed by atoms with van der Waals surface area (Å²) >= 11 is 0. The Morgan fingerprint density at radius 3 is 2.28 bits per heavy atom. The van der Waals surface area contributed by atoms with E-state index in [1.165, 1.54) is 19.3 Å². The van der Waals surface area contributed by atoms with E-state index in [2.05, 4.69) is 6.92 Å². The maximum absolute atomic E-state index is 11.5. The van der Waals surface area contributed by atoms with Crippen molar-refractivity contribution >= 4 is 5.97 Å². The minimum Gasteiger partial charge on any atom is -0.463 e. The largest absolute Gasteiger partial charge is 0.463 e. The third-order valence-corrected chi connectivity index (χ3v) is 4.31. The Bertz CT molecular complexity index is 374. The van der Waals surface area contributed by atoms with Crippen molar-refractivity contribution in [1.82, 2.24) is 0 Å². The summed E-state index contributed by atoms with van der Waals surface area (Å²) in [6.45, 7) is 5.77. The Labute approximate surface area is 150 Å². The van der Waals surface area contributed by atoms with Gasteiger partial charge in [0.1, 0.15) is 31.0 Å². The minimum absolute atomic E-state index is 0.196. The van der Waals surface area contributed by atoms with Crippen LogP contribution in [0.2, 0.25) is 0 Å². The van der Waals surface area contributed by atoms with Crippen molar-refractivity contribution in [3.05, 3.63) is 0 Å². The SMILES string of the molecule is CCCCCCCCO[C@@H]1O[C@H](COC(=O)C(C)C)[C@@H](O)[C@H](O)[C@H]1O. The van der Waals surface area contributed by atoms with Crippen LogP contribution >= 0.6 is 0 Å². The molecule has 148 valence electrons. The van der Waals surface area contributed by atoms with Crippen molar-refractivity contribution in [3.8, 4) is 0 Å². The van der Waals surface area contributed by atoms with Crippen LogP contribution in [0.3, 0.4) is 0 Å². The molecular weight excluding hydrogens is 328 g/mol. The normalized spacial score (nSPS) is 29.8. The van der Waals surface area contributed by atoms with Gasteiger partial charge >= 0.3 is 5.97 Å². The van der Waals surface area contributed by atoms with E-state index in [1.807, 2.05) is 0 Å². The van der Waals surface area contributed by atoms with Crippen LogP contribution in [0.1, 0.15) is 59.3 Å². The Morgan fingerprint density at radius 2 is 1.64 bits per heavy atom. The van der Waals surface area contributed by atoms with Gasteiger partial charge in [-0.3, -0.25) is 4.79 Å². The number of hydrogen-bond donors (Lipinski definition) is 3. The molecule has 0 amide bonds. The molecule has 0 aromatic carbocycles. The van der Waals surface area contributed by atoms with Crippen molar-refractivity contribution in [2.75, 3.05) is 13.2 Å². The number of aliphatic hydroxyl groups is 3. The van der Waals surface area contributed by atoms with Gasteiger partial charge in [-0.2, -0.15) is 0 Å². The number of carbonyl (C=O) groups is 1. The lowest BCUT2D eigenvalue weighted by atomic mass is 9.99. The molecule has 0 saturated carbocycles. The van der Waals surface area contributed by atoms with Gasteiger partial charge < -0.3 is 29.5 Å². The lowest BCUT2D eigenvalue weighted by Gasteiger charge is -2.40. The molecule has 25 heavy (non-hydrogen) atoms. The Morgan fingerprint density at radius 1 is 1.00 bits per heavy atom. The third kappa shape index (κ3) is 7.58. The molecule has 7 heteroatoms. The first-order valence-electron chi connectivity index (χ1n) is 9.36. The van der Waals surface area contributed by atoms with E-state index in [4.69, 9.17) is 14.2 Å². The van der Waals surface area contributed by atoms with E-state index in [-0.39, 0.29) is 12.5 Å². The summed E-state index contributed by atoms with van der Waals surface area (Å²) < 4.78 is 16.1. The first-order chi connectivity index (χ1) is 11.9. The molecule has 1 heterocycles. The standard InChI is InChI=1S/C18H34O7/c1-4-5-6-7-8-9-10-23-18-16(21)15(20)14(19)13(25-18)11-24-17(22)12(2)3/h12-16,18-21H,4-11H2,1-3H3/t13-,14-,15+,16-,18-/m1/s1. The number of esters is 1. The summed E-state index contributed by atoms with van der Waals surface area (Å²) in [4.78, 5) is 11.5. The molecule has 1 aliphatic rings. The second-order valence-corrected chi connectivity index (χ2v) is 6.94. The van der Waals surface area contributed by atoms with Gasteiger partial charge in [-0.05, 0) is 6.42 Å². The molecule has 0 unspecified atom stereocenters. The lowest BCUT2D eigenvalue weighted by Crippen LogP contribution is -2.59.